The van der Waals surface area contributed by atoms with Crippen molar-refractivity contribution in [2.45, 2.75) is 44.4 Å². The lowest BCUT2D eigenvalue weighted by molar-refractivity contribution is 0.0796. The number of hydrogen-bond acceptors (Lipinski definition) is 4. The minimum Gasteiger partial charge on any atom is -0.396 e. The van der Waals surface area contributed by atoms with E-state index in [1.165, 1.54) is 0 Å². The van der Waals surface area contributed by atoms with Gasteiger partial charge in [-0.05, 0) is 26.7 Å². The highest BCUT2D eigenvalue weighted by molar-refractivity contribution is 4.99. The molecular formula is C10H22N2O2. The van der Waals surface area contributed by atoms with Crippen LogP contribution in [0.1, 0.15) is 26.7 Å². The Morgan fingerprint density at radius 3 is 2.86 bits per heavy atom. The Bertz CT molecular complexity index is 178. The summed E-state index contributed by atoms with van der Waals surface area (Å²) >= 11 is 0. The number of aliphatic hydroxyl groups excluding tert-OH is 1. The van der Waals surface area contributed by atoms with Crippen molar-refractivity contribution in [2.24, 2.45) is 5.73 Å². The summed E-state index contributed by atoms with van der Waals surface area (Å²) in [5.74, 6) is 0. The van der Waals surface area contributed by atoms with Crippen LogP contribution < -0.4 is 11.1 Å². The monoisotopic (exact) mass is 202 g/mol. The zero-order chi connectivity index (χ0) is 10.6. The average molecular weight is 202 g/mol. The number of nitrogens with one attached hydrogen (secondary N) is 1. The normalized spacial score (nSPS) is 34.7. The first kappa shape index (κ1) is 11.9. The second-order valence-electron chi connectivity index (χ2n) is 4.18. The third kappa shape index (κ3) is 2.45. The Hall–Kier alpha value is -0.160. The molecule has 1 saturated heterocycles. The summed E-state index contributed by atoms with van der Waals surface area (Å²) < 4.78 is 5.53. The van der Waals surface area contributed by atoms with E-state index in [0.29, 0.717) is 6.54 Å². The molecule has 4 N–H and O–H groups in total. The Balaban J connectivity index is 2.52. The molecule has 0 radical (unpaired) electrons. The summed E-state index contributed by atoms with van der Waals surface area (Å²) in [6.45, 7) is 5.70. The lowest BCUT2D eigenvalue weighted by atomic mass is 9.91. The van der Waals surface area contributed by atoms with Gasteiger partial charge in [-0.3, -0.25) is 0 Å². The lowest BCUT2D eigenvalue weighted by Crippen LogP contribution is -2.58. The van der Waals surface area contributed by atoms with Crippen LogP contribution in [0.4, 0.5) is 0 Å². The first-order valence-electron chi connectivity index (χ1n) is 5.35. The van der Waals surface area contributed by atoms with Crippen molar-refractivity contribution in [1.29, 1.82) is 0 Å². The molecule has 1 rings (SSSR count). The van der Waals surface area contributed by atoms with E-state index in [2.05, 4.69) is 19.2 Å². The number of hydrogen-bond donors (Lipinski definition) is 3. The van der Waals surface area contributed by atoms with E-state index in [-0.39, 0.29) is 24.3 Å². The Morgan fingerprint density at radius 1 is 1.71 bits per heavy atom. The fourth-order valence-corrected chi connectivity index (χ4v) is 2.05. The van der Waals surface area contributed by atoms with Crippen molar-refractivity contribution < 1.29 is 9.84 Å². The second-order valence-corrected chi connectivity index (χ2v) is 4.18. The molecule has 0 aromatic carbocycles. The quantitative estimate of drug-likeness (QED) is 0.580. The topological polar surface area (TPSA) is 67.5 Å². The molecule has 0 aromatic rings. The lowest BCUT2D eigenvalue weighted by Gasteiger charge is -2.35. The number of ether oxygens (including phenoxy) is 1. The molecule has 4 nitrogen and oxygen atoms in total. The Morgan fingerprint density at radius 2 is 2.43 bits per heavy atom. The summed E-state index contributed by atoms with van der Waals surface area (Å²) in [7, 11) is 0. The van der Waals surface area contributed by atoms with E-state index in [1.807, 2.05) is 0 Å². The molecule has 0 bridgehead atoms. The van der Waals surface area contributed by atoms with Gasteiger partial charge < -0.3 is 20.9 Å². The van der Waals surface area contributed by atoms with Crippen LogP contribution in [0.25, 0.3) is 0 Å². The zero-order valence-electron chi connectivity index (χ0n) is 9.12. The van der Waals surface area contributed by atoms with Gasteiger partial charge in [0.2, 0.25) is 0 Å². The highest BCUT2D eigenvalue weighted by Gasteiger charge is 2.40. The number of aliphatic hydroxyl groups is 1. The van der Waals surface area contributed by atoms with E-state index >= 15 is 0 Å². The van der Waals surface area contributed by atoms with E-state index in [0.717, 1.165) is 19.4 Å². The molecule has 0 spiro atoms. The summed E-state index contributed by atoms with van der Waals surface area (Å²) in [6.07, 6.45) is 1.88. The van der Waals surface area contributed by atoms with Gasteiger partial charge in [0, 0.05) is 25.8 Å². The molecule has 0 aliphatic carbocycles. The van der Waals surface area contributed by atoms with Crippen LogP contribution in [-0.4, -0.2) is 42.5 Å². The van der Waals surface area contributed by atoms with Crippen LogP contribution >= 0.6 is 0 Å². The summed E-state index contributed by atoms with van der Waals surface area (Å²) in [5.41, 5.74) is 5.71. The van der Waals surface area contributed by atoms with Gasteiger partial charge in [-0.2, -0.15) is 0 Å². The molecule has 4 heteroatoms. The van der Waals surface area contributed by atoms with Crippen molar-refractivity contribution in [3.63, 3.8) is 0 Å². The molecular weight excluding hydrogens is 180 g/mol. The van der Waals surface area contributed by atoms with Crippen LogP contribution in [0.15, 0.2) is 0 Å². The van der Waals surface area contributed by atoms with Gasteiger partial charge in [0.15, 0.2) is 0 Å². The Labute approximate surface area is 85.8 Å². The Kier molecular flexibility index (Phi) is 4.31. The van der Waals surface area contributed by atoms with Crippen molar-refractivity contribution >= 4 is 0 Å². The minimum absolute atomic E-state index is 0.0887. The zero-order valence-corrected chi connectivity index (χ0v) is 9.12. The van der Waals surface area contributed by atoms with Crippen molar-refractivity contribution in [2.75, 3.05) is 19.8 Å². The van der Waals surface area contributed by atoms with Crippen molar-refractivity contribution in [3.05, 3.63) is 0 Å². The van der Waals surface area contributed by atoms with Gasteiger partial charge in [-0.15, -0.1) is 0 Å². The van der Waals surface area contributed by atoms with Gasteiger partial charge >= 0.3 is 0 Å². The van der Waals surface area contributed by atoms with Crippen LogP contribution in [0.2, 0.25) is 0 Å². The molecule has 0 saturated carbocycles. The number of rotatable bonds is 5. The molecule has 1 aliphatic heterocycles. The van der Waals surface area contributed by atoms with E-state index < -0.39 is 0 Å². The highest BCUT2D eigenvalue weighted by atomic mass is 16.5. The number of nitrogens with two attached hydrogens (primary N) is 1. The predicted octanol–water partition coefficient (Wildman–Crippen LogP) is -0.147. The molecule has 3 atom stereocenters. The first-order valence-corrected chi connectivity index (χ1v) is 5.35. The second kappa shape index (κ2) is 5.07. The summed E-state index contributed by atoms with van der Waals surface area (Å²) in [5, 5.41) is 12.3. The highest BCUT2D eigenvalue weighted by Crippen LogP contribution is 2.25. The van der Waals surface area contributed by atoms with Gasteiger partial charge in [-0.25, -0.2) is 0 Å². The smallest absolute Gasteiger partial charge is 0.0741 e. The molecule has 0 amide bonds. The molecule has 84 valence electrons. The summed E-state index contributed by atoms with van der Waals surface area (Å²) in [4.78, 5) is 0. The molecule has 1 aliphatic rings. The van der Waals surface area contributed by atoms with Crippen LogP contribution in [0, 0.1) is 0 Å². The van der Waals surface area contributed by atoms with Crippen LogP contribution in [0.5, 0.6) is 0 Å². The standard InChI is InChI=1S/C10H22N2O2/c1-8(3-5-13)12-10(7-11)4-6-14-9(10)2/h8-9,12-13H,3-7,11H2,1-2H3. The van der Waals surface area contributed by atoms with E-state index in [9.17, 15) is 0 Å². The fourth-order valence-electron chi connectivity index (χ4n) is 2.05. The molecule has 1 heterocycles. The summed E-state index contributed by atoms with van der Waals surface area (Å²) in [6, 6.07) is 0.285. The predicted molar refractivity (Wildman–Crippen MR) is 56.1 cm³/mol. The molecule has 3 unspecified atom stereocenters. The first-order chi connectivity index (χ1) is 6.64. The van der Waals surface area contributed by atoms with Gasteiger partial charge in [-0.1, -0.05) is 0 Å². The fraction of sp³-hybridized carbons (Fsp3) is 1.00. The molecule has 1 fully saturated rings. The van der Waals surface area contributed by atoms with Gasteiger partial charge in [0.05, 0.1) is 11.6 Å². The van der Waals surface area contributed by atoms with Crippen LogP contribution in [-0.2, 0) is 4.74 Å². The van der Waals surface area contributed by atoms with Crippen molar-refractivity contribution in [3.8, 4) is 0 Å². The van der Waals surface area contributed by atoms with Gasteiger partial charge in [0.25, 0.3) is 0 Å². The van der Waals surface area contributed by atoms with Gasteiger partial charge in [0.1, 0.15) is 0 Å². The molecule has 0 aromatic heterocycles. The minimum atomic E-state index is -0.0887. The third-order valence-corrected chi connectivity index (χ3v) is 3.15. The maximum Gasteiger partial charge on any atom is 0.0741 e. The van der Waals surface area contributed by atoms with Crippen LogP contribution in [0.3, 0.4) is 0 Å². The molecule has 14 heavy (non-hydrogen) atoms. The maximum atomic E-state index is 8.83. The average Bonchev–Trinajstić information content (AvgIpc) is 2.49. The maximum absolute atomic E-state index is 8.83. The largest absolute Gasteiger partial charge is 0.396 e. The van der Waals surface area contributed by atoms with E-state index in [4.69, 9.17) is 15.6 Å². The third-order valence-electron chi connectivity index (χ3n) is 3.15. The van der Waals surface area contributed by atoms with Crippen molar-refractivity contribution in [1.82, 2.24) is 5.32 Å². The SMILES string of the molecule is CC(CCO)NC1(CN)CCOC1C. The van der Waals surface area contributed by atoms with E-state index in [1.54, 1.807) is 0 Å².